The number of ether oxygens (including phenoxy) is 1. The molecule has 148 valence electrons. The Morgan fingerprint density at radius 3 is 2.55 bits per heavy atom. The first-order chi connectivity index (χ1) is 14.2. The molecule has 2 aromatic rings. The Bertz CT molecular complexity index is 991. The summed E-state index contributed by atoms with van der Waals surface area (Å²) in [7, 11) is 0. The van der Waals surface area contributed by atoms with E-state index in [0.29, 0.717) is 24.4 Å². The molecule has 2 amide bonds. The van der Waals surface area contributed by atoms with E-state index < -0.39 is 0 Å². The molecule has 4 rings (SSSR count). The normalized spacial score (nSPS) is 16.3. The van der Waals surface area contributed by atoms with Gasteiger partial charge in [0, 0.05) is 18.8 Å². The second-order valence-corrected chi connectivity index (χ2v) is 7.07. The van der Waals surface area contributed by atoms with Crippen molar-refractivity contribution in [1.82, 2.24) is 4.90 Å². The molecule has 0 spiro atoms. The summed E-state index contributed by atoms with van der Waals surface area (Å²) >= 11 is 0. The fourth-order valence-electron chi connectivity index (χ4n) is 4.02. The maximum atomic E-state index is 13.3. The molecule has 0 aliphatic carbocycles. The molecular weight excluding hydrogens is 364 g/mol. The van der Waals surface area contributed by atoms with Crippen LogP contribution in [0.4, 0.5) is 5.69 Å². The standard InChI is InChI=1S/C24H24N2O3/c1-3-15-26-23(27)21(18-11-13-19(14-12-18)29-4-2)22(24(26)28)25-16-7-9-17-8-5-6-10-20(17)25/h3,5-6,8,10-14H,1,4,7,9,15-16H2,2H3. The monoisotopic (exact) mass is 388 g/mol. The number of carbonyl (C=O) groups excluding carboxylic acids is 2. The van der Waals surface area contributed by atoms with E-state index in [4.69, 9.17) is 4.74 Å². The third kappa shape index (κ3) is 3.33. The average Bonchev–Trinajstić information content (AvgIpc) is 2.99. The Balaban J connectivity index is 1.85. The van der Waals surface area contributed by atoms with Crippen LogP contribution in [0.15, 0.2) is 66.9 Å². The first kappa shape index (κ1) is 19.0. The lowest BCUT2D eigenvalue weighted by Crippen LogP contribution is -2.37. The highest BCUT2D eigenvalue weighted by atomic mass is 16.5. The summed E-state index contributed by atoms with van der Waals surface area (Å²) in [6.45, 7) is 7.09. The number of para-hydroxylation sites is 1. The van der Waals surface area contributed by atoms with Crippen molar-refractivity contribution in [3.8, 4) is 5.75 Å². The van der Waals surface area contributed by atoms with Crippen LogP contribution in [0.25, 0.3) is 5.57 Å². The third-order valence-corrected chi connectivity index (χ3v) is 5.29. The van der Waals surface area contributed by atoms with E-state index in [0.717, 1.165) is 29.8 Å². The number of aryl methyl sites for hydroxylation is 1. The summed E-state index contributed by atoms with van der Waals surface area (Å²) in [4.78, 5) is 29.8. The van der Waals surface area contributed by atoms with Gasteiger partial charge in [-0.25, -0.2) is 0 Å². The van der Waals surface area contributed by atoms with Crippen LogP contribution in [0, 0.1) is 0 Å². The zero-order chi connectivity index (χ0) is 20.4. The van der Waals surface area contributed by atoms with Gasteiger partial charge in [0.15, 0.2) is 0 Å². The number of nitrogens with zero attached hydrogens (tertiary/aromatic N) is 2. The van der Waals surface area contributed by atoms with Gasteiger partial charge >= 0.3 is 0 Å². The van der Waals surface area contributed by atoms with E-state index in [-0.39, 0.29) is 18.4 Å². The molecule has 29 heavy (non-hydrogen) atoms. The predicted molar refractivity (Wildman–Crippen MR) is 114 cm³/mol. The van der Waals surface area contributed by atoms with Gasteiger partial charge in [0.25, 0.3) is 11.8 Å². The van der Waals surface area contributed by atoms with Gasteiger partial charge in [-0.2, -0.15) is 0 Å². The average molecular weight is 388 g/mol. The molecule has 0 fully saturated rings. The fourth-order valence-corrected chi connectivity index (χ4v) is 4.02. The molecule has 2 aliphatic rings. The third-order valence-electron chi connectivity index (χ3n) is 5.29. The van der Waals surface area contributed by atoms with E-state index in [9.17, 15) is 9.59 Å². The van der Waals surface area contributed by atoms with Crippen molar-refractivity contribution in [3.63, 3.8) is 0 Å². The number of carbonyl (C=O) groups is 2. The van der Waals surface area contributed by atoms with E-state index >= 15 is 0 Å². The molecule has 0 N–H and O–H groups in total. The Kier molecular flexibility index (Phi) is 5.21. The van der Waals surface area contributed by atoms with Crippen LogP contribution < -0.4 is 9.64 Å². The molecule has 0 unspecified atom stereocenters. The van der Waals surface area contributed by atoms with Gasteiger partial charge in [-0.15, -0.1) is 6.58 Å². The van der Waals surface area contributed by atoms with Crippen molar-refractivity contribution < 1.29 is 14.3 Å². The summed E-state index contributed by atoms with van der Waals surface area (Å²) in [6, 6.07) is 15.4. The lowest BCUT2D eigenvalue weighted by atomic mass is 9.98. The molecule has 0 saturated carbocycles. The molecular formula is C24H24N2O3. The van der Waals surface area contributed by atoms with Crippen molar-refractivity contribution in [2.45, 2.75) is 19.8 Å². The van der Waals surface area contributed by atoms with Gasteiger partial charge in [0.1, 0.15) is 11.4 Å². The van der Waals surface area contributed by atoms with Crippen LogP contribution in [-0.4, -0.2) is 36.4 Å². The highest BCUT2D eigenvalue weighted by Gasteiger charge is 2.42. The molecule has 0 bridgehead atoms. The van der Waals surface area contributed by atoms with Crippen LogP contribution in [-0.2, 0) is 16.0 Å². The Labute approximate surface area is 170 Å². The summed E-state index contributed by atoms with van der Waals surface area (Å²) < 4.78 is 5.52. The number of benzene rings is 2. The molecule has 0 saturated heterocycles. The Morgan fingerprint density at radius 1 is 1.07 bits per heavy atom. The molecule has 0 atom stereocenters. The quantitative estimate of drug-likeness (QED) is 0.558. The number of imide groups is 1. The van der Waals surface area contributed by atoms with Crippen molar-refractivity contribution in [2.75, 3.05) is 24.6 Å². The van der Waals surface area contributed by atoms with E-state index in [1.807, 2.05) is 54.3 Å². The number of hydrogen-bond donors (Lipinski definition) is 0. The smallest absolute Gasteiger partial charge is 0.278 e. The molecule has 5 heteroatoms. The van der Waals surface area contributed by atoms with Crippen molar-refractivity contribution in [2.24, 2.45) is 0 Å². The first-order valence-corrected chi connectivity index (χ1v) is 9.95. The number of amides is 2. The first-order valence-electron chi connectivity index (χ1n) is 9.95. The Hall–Kier alpha value is -3.34. The summed E-state index contributed by atoms with van der Waals surface area (Å²) in [5, 5.41) is 0. The zero-order valence-corrected chi connectivity index (χ0v) is 16.6. The number of anilines is 1. The molecule has 2 aromatic carbocycles. The van der Waals surface area contributed by atoms with Crippen molar-refractivity contribution in [1.29, 1.82) is 0 Å². The summed E-state index contributed by atoms with van der Waals surface area (Å²) in [5.41, 5.74) is 3.81. The van der Waals surface area contributed by atoms with Gasteiger partial charge in [-0.1, -0.05) is 36.4 Å². The fraction of sp³-hybridized carbons (Fsp3) is 0.250. The van der Waals surface area contributed by atoms with Crippen LogP contribution >= 0.6 is 0 Å². The van der Waals surface area contributed by atoms with Gasteiger partial charge in [-0.3, -0.25) is 14.5 Å². The van der Waals surface area contributed by atoms with Gasteiger partial charge in [0.2, 0.25) is 0 Å². The number of rotatable bonds is 6. The molecule has 5 nitrogen and oxygen atoms in total. The predicted octanol–water partition coefficient (Wildman–Crippen LogP) is 3.80. The minimum absolute atomic E-state index is 0.192. The Morgan fingerprint density at radius 2 is 1.83 bits per heavy atom. The number of fused-ring (bicyclic) bond motifs is 1. The summed E-state index contributed by atoms with van der Waals surface area (Å²) in [5.74, 6) is 0.189. The van der Waals surface area contributed by atoms with Crippen LogP contribution in [0.1, 0.15) is 24.5 Å². The maximum absolute atomic E-state index is 13.3. The van der Waals surface area contributed by atoms with Crippen molar-refractivity contribution >= 4 is 23.1 Å². The van der Waals surface area contributed by atoms with Gasteiger partial charge in [0.05, 0.1) is 12.2 Å². The van der Waals surface area contributed by atoms with Crippen LogP contribution in [0.3, 0.4) is 0 Å². The maximum Gasteiger partial charge on any atom is 0.278 e. The minimum Gasteiger partial charge on any atom is -0.494 e. The van der Waals surface area contributed by atoms with Gasteiger partial charge < -0.3 is 9.64 Å². The van der Waals surface area contributed by atoms with Gasteiger partial charge in [-0.05, 0) is 49.1 Å². The SMILES string of the molecule is C=CCN1C(=O)C(c2ccc(OCC)cc2)=C(N2CCCc3ccccc32)C1=O. The lowest BCUT2D eigenvalue weighted by molar-refractivity contribution is -0.136. The summed E-state index contributed by atoms with van der Waals surface area (Å²) in [6.07, 6.45) is 3.48. The second kappa shape index (κ2) is 7.95. The van der Waals surface area contributed by atoms with Crippen LogP contribution in [0.5, 0.6) is 5.75 Å². The van der Waals surface area contributed by atoms with E-state index in [2.05, 4.69) is 12.6 Å². The number of hydrogen-bond acceptors (Lipinski definition) is 4. The van der Waals surface area contributed by atoms with Crippen LogP contribution in [0.2, 0.25) is 0 Å². The molecule has 2 aliphatic heterocycles. The zero-order valence-electron chi connectivity index (χ0n) is 16.6. The largest absolute Gasteiger partial charge is 0.494 e. The minimum atomic E-state index is -0.280. The van der Waals surface area contributed by atoms with E-state index in [1.165, 1.54) is 10.5 Å². The second-order valence-electron chi connectivity index (χ2n) is 7.07. The van der Waals surface area contributed by atoms with E-state index in [1.54, 1.807) is 6.08 Å². The molecule has 0 aromatic heterocycles. The lowest BCUT2D eigenvalue weighted by Gasteiger charge is -2.32. The highest BCUT2D eigenvalue weighted by molar-refractivity contribution is 6.36. The highest BCUT2D eigenvalue weighted by Crippen LogP contribution is 2.38. The molecule has 0 radical (unpaired) electrons. The topological polar surface area (TPSA) is 49.9 Å². The van der Waals surface area contributed by atoms with Crippen molar-refractivity contribution in [3.05, 3.63) is 78.0 Å². The molecule has 2 heterocycles.